The second-order valence-corrected chi connectivity index (χ2v) is 10.3. The molecule has 1 amide bonds. The zero-order valence-electron chi connectivity index (χ0n) is 19.6. The molecule has 1 fully saturated rings. The highest BCUT2D eigenvalue weighted by Gasteiger charge is 2.54. The standard InChI is InChI=1S/C26H28IN3O5/c1-26(2)30(24-19-7-3-4-8-20(19)33-15-22(24)35-26)25(32)17(10-18(31)12-27)11-23-29-14-21(34-23)16-6-5-9-28-13-16/h3-9,13-14,17-18,22,24,31H,10-12,15H2,1-2H3/t17-,18-,22+,24-/m0/s1. The number of aliphatic hydroxyl groups is 1. The monoisotopic (exact) mass is 589 g/mol. The van der Waals surface area contributed by atoms with Gasteiger partial charge in [0.05, 0.1) is 18.3 Å². The first kappa shape index (κ1) is 24.2. The van der Waals surface area contributed by atoms with Crippen LogP contribution in [-0.4, -0.2) is 54.8 Å². The van der Waals surface area contributed by atoms with E-state index in [9.17, 15) is 9.90 Å². The van der Waals surface area contributed by atoms with E-state index in [1.807, 2.05) is 55.1 Å². The Labute approximate surface area is 217 Å². The fourth-order valence-corrected chi connectivity index (χ4v) is 5.36. The molecule has 2 aliphatic rings. The van der Waals surface area contributed by atoms with Crippen LogP contribution in [0.2, 0.25) is 0 Å². The van der Waals surface area contributed by atoms with Crippen LogP contribution in [0.15, 0.2) is 59.4 Å². The molecule has 0 radical (unpaired) electrons. The van der Waals surface area contributed by atoms with Crippen LogP contribution in [0, 0.1) is 5.92 Å². The van der Waals surface area contributed by atoms with Gasteiger partial charge in [-0.05, 0) is 38.5 Å². The third-order valence-corrected chi connectivity index (χ3v) is 7.55. The van der Waals surface area contributed by atoms with Gasteiger partial charge in [0.15, 0.2) is 11.7 Å². The maximum absolute atomic E-state index is 14.2. The average Bonchev–Trinajstić information content (AvgIpc) is 3.44. The Morgan fingerprint density at radius 1 is 1.26 bits per heavy atom. The number of hydrogen-bond acceptors (Lipinski definition) is 7. The predicted molar refractivity (Wildman–Crippen MR) is 137 cm³/mol. The third kappa shape index (κ3) is 4.81. The van der Waals surface area contributed by atoms with E-state index in [2.05, 4.69) is 32.6 Å². The highest BCUT2D eigenvalue weighted by Crippen LogP contribution is 2.48. The van der Waals surface area contributed by atoms with E-state index in [1.54, 1.807) is 18.6 Å². The number of fused-ring (bicyclic) bond motifs is 3. The molecule has 5 rings (SSSR count). The second kappa shape index (κ2) is 9.87. The Morgan fingerprint density at radius 3 is 2.86 bits per heavy atom. The maximum atomic E-state index is 14.2. The van der Waals surface area contributed by atoms with Crippen LogP contribution in [0.5, 0.6) is 5.75 Å². The third-order valence-electron chi connectivity index (χ3n) is 6.53. The molecule has 0 spiro atoms. The van der Waals surface area contributed by atoms with E-state index >= 15 is 0 Å². The van der Waals surface area contributed by atoms with Crippen molar-refractivity contribution in [2.24, 2.45) is 5.92 Å². The Balaban J connectivity index is 1.45. The van der Waals surface area contributed by atoms with Crippen molar-refractivity contribution in [2.75, 3.05) is 11.0 Å². The van der Waals surface area contributed by atoms with E-state index in [0.717, 1.165) is 16.9 Å². The minimum atomic E-state index is -0.835. The van der Waals surface area contributed by atoms with Crippen LogP contribution in [0.3, 0.4) is 0 Å². The normalized spacial score (nSPS) is 22.1. The van der Waals surface area contributed by atoms with Crippen LogP contribution >= 0.6 is 22.6 Å². The predicted octanol–water partition coefficient (Wildman–Crippen LogP) is 4.18. The molecule has 8 nitrogen and oxygen atoms in total. The van der Waals surface area contributed by atoms with E-state index in [0.29, 0.717) is 29.1 Å². The number of carbonyl (C=O) groups is 1. The minimum Gasteiger partial charge on any atom is -0.490 e. The maximum Gasteiger partial charge on any atom is 0.229 e. The summed E-state index contributed by atoms with van der Waals surface area (Å²) in [6.07, 6.45) is 4.74. The largest absolute Gasteiger partial charge is 0.490 e. The molecule has 9 heteroatoms. The quantitative estimate of drug-likeness (QED) is 0.326. The van der Waals surface area contributed by atoms with Gasteiger partial charge in [-0.25, -0.2) is 4.98 Å². The van der Waals surface area contributed by atoms with Crippen LogP contribution in [0.1, 0.15) is 37.8 Å². The summed E-state index contributed by atoms with van der Waals surface area (Å²) in [6.45, 7) is 4.19. The summed E-state index contributed by atoms with van der Waals surface area (Å²) < 4.78 is 18.7. The summed E-state index contributed by atoms with van der Waals surface area (Å²) >= 11 is 2.14. The number of amides is 1. The van der Waals surface area contributed by atoms with E-state index in [-0.39, 0.29) is 24.5 Å². The molecule has 2 aromatic heterocycles. The summed E-state index contributed by atoms with van der Waals surface area (Å²) in [5, 5.41) is 10.5. The summed E-state index contributed by atoms with van der Waals surface area (Å²) in [4.78, 5) is 24.6. The second-order valence-electron chi connectivity index (χ2n) is 9.41. The van der Waals surface area contributed by atoms with Crippen molar-refractivity contribution < 1.29 is 23.8 Å². The molecule has 4 heterocycles. The van der Waals surface area contributed by atoms with Gasteiger partial charge >= 0.3 is 0 Å². The lowest BCUT2D eigenvalue weighted by Gasteiger charge is -2.38. The number of carbonyl (C=O) groups excluding carboxylic acids is 1. The van der Waals surface area contributed by atoms with E-state index in [1.165, 1.54) is 0 Å². The summed E-state index contributed by atoms with van der Waals surface area (Å²) in [7, 11) is 0. The summed E-state index contributed by atoms with van der Waals surface area (Å²) in [5.41, 5.74) is 0.918. The first-order valence-corrected chi connectivity index (χ1v) is 13.2. The number of halogens is 1. The lowest BCUT2D eigenvalue weighted by atomic mass is 9.92. The number of aliphatic hydroxyl groups excluding tert-OH is 1. The number of alkyl halides is 1. The van der Waals surface area contributed by atoms with Gasteiger partial charge in [-0.1, -0.05) is 40.8 Å². The lowest BCUT2D eigenvalue weighted by molar-refractivity contribution is -0.153. The van der Waals surface area contributed by atoms with Gasteiger partial charge in [-0.2, -0.15) is 0 Å². The van der Waals surface area contributed by atoms with Crippen molar-refractivity contribution in [2.45, 2.75) is 50.7 Å². The molecule has 184 valence electrons. The molecule has 35 heavy (non-hydrogen) atoms. The van der Waals surface area contributed by atoms with Gasteiger partial charge in [-0.3, -0.25) is 9.78 Å². The molecule has 0 unspecified atom stereocenters. The molecule has 3 aromatic rings. The lowest BCUT2D eigenvalue weighted by Crippen LogP contribution is -2.49. The first-order valence-electron chi connectivity index (χ1n) is 11.7. The minimum absolute atomic E-state index is 0.0933. The highest BCUT2D eigenvalue weighted by molar-refractivity contribution is 14.1. The molecule has 0 aliphatic carbocycles. The van der Waals surface area contributed by atoms with Crippen molar-refractivity contribution in [3.05, 3.63) is 66.4 Å². The molecule has 1 saturated heterocycles. The first-order chi connectivity index (χ1) is 16.9. The molecule has 1 aromatic carbocycles. The Bertz CT molecular complexity index is 1180. The average molecular weight is 589 g/mol. The number of hydrogen-bond donors (Lipinski definition) is 1. The van der Waals surface area contributed by atoms with Gasteiger partial charge in [-0.15, -0.1) is 0 Å². The van der Waals surface area contributed by atoms with Crippen molar-refractivity contribution in [3.8, 4) is 17.1 Å². The van der Waals surface area contributed by atoms with Crippen LogP contribution in [-0.2, 0) is 16.0 Å². The van der Waals surface area contributed by atoms with Crippen LogP contribution in [0.4, 0.5) is 0 Å². The van der Waals surface area contributed by atoms with E-state index in [4.69, 9.17) is 13.9 Å². The van der Waals surface area contributed by atoms with Crippen molar-refractivity contribution in [1.82, 2.24) is 14.9 Å². The summed E-state index contributed by atoms with van der Waals surface area (Å²) in [6, 6.07) is 11.2. The molecular weight excluding hydrogens is 561 g/mol. The van der Waals surface area contributed by atoms with Gasteiger partial charge in [0, 0.05) is 40.3 Å². The Hall–Kier alpha value is -2.50. The Kier molecular flexibility index (Phi) is 6.82. The fourth-order valence-electron chi connectivity index (χ4n) is 5.01. The number of pyridine rings is 1. The van der Waals surface area contributed by atoms with Gasteiger partial charge in [0.2, 0.25) is 5.91 Å². The number of ether oxygens (including phenoxy) is 2. The van der Waals surface area contributed by atoms with Crippen molar-refractivity contribution in [3.63, 3.8) is 0 Å². The van der Waals surface area contributed by atoms with E-state index < -0.39 is 17.7 Å². The number of benzene rings is 1. The van der Waals surface area contributed by atoms with Gasteiger partial charge < -0.3 is 23.9 Å². The van der Waals surface area contributed by atoms with Crippen LogP contribution in [0.25, 0.3) is 11.3 Å². The summed E-state index contributed by atoms with van der Waals surface area (Å²) in [5.74, 6) is 1.19. The van der Waals surface area contributed by atoms with Gasteiger partial charge in [0.25, 0.3) is 0 Å². The molecule has 0 bridgehead atoms. The fraction of sp³-hybridized carbons (Fsp3) is 0.423. The van der Waals surface area contributed by atoms with Crippen molar-refractivity contribution >= 4 is 28.5 Å². The van der Waals surface area contributed by atoms with Crippen molar-refractivity contribution in [1.29, 1.82) is 0 Å². The Morgan fingerprint density at radius 2 is 2.09 bits per heavy atom. The number of oxazole rings is 1. The SMILES string of the molecule is CC1(C)O[C@@H]2COc3ccccc3[C@@H]2N1C(=O)[C@H](Cc1ncc(-c2cccnc2)o1)C[C@H](O)CI. The van der Waals surface area contributed by atoms with Crippen LogP contribution < -0.4 is 4.74 Å². The zero-order valence-corrected chi connectivity index (χ0v) is 21.8. The zero-order chi connectivity index (χ0) is 24.6. The molecule has 1 N–H and O–H groups in total. The molecule has 0 saturated carbocycles. The number of para-hydroxylation sites is 1. The molecule has 2 aliphatic heterocycles. The highest BCUT2D eigenvalue weighted by atomic mass is 127. The molecule has 4 atom stereocenters. The number of nitrogens with zero attached hydrogens (tertiary/aromatic N) is 3. The number of rotatable bonds is 7. The number of aromatic nitrogens is 2. The van der Waals surface area contributed by atoms with Gasteiger partial charge in [0.1, 0.15) is 24.2 Å². The topological polar surface area (TPSA) is 97.9 Å². The molecular formula is C26H28IN3O5. The smallest absolute Gasteiger partial charge is 0.229 e.